The Kier molecular flexibility index (Phi) is 3.66. The highest BCUT2D eigenvalue weighted by Crippen LogP contribution is 2.23. The van der Waals surface area contributed by atoms with Crippen molar-refractivity contribution in [2.45, 2.75) is 6.92 Å². The zero-order valence-electron chi connectivity index (χ0n) is 11.3. The molecule has 0 saturated heterocycles. The van der Waals surface area contributed by atoms with Crippen molar-refractivity contribution in [3.8, 4) is 16.9 Å². The Morgan fingerprint density at radius 2 is 2.10 bits per heavy atom. The summed E-state index contributed by atoms with van der Waals surface area (Å²) in [5, 5.41) is 4.53. The molecule has 0 unspecified atom stereocenters. The Morgan fingerprint density at radius 3 is 2.81 bits per heavy atom. The summed E-state index contributed by atoms with van der Waals surface area (Å²) in [5.41, 5.74) is 3.94. The molecule has 2 heterocycles. The molecule has 0 aliphatic carbocycles. The number of hydrogen-bond donors (Lipinski definition) is 0. The van der Waals surface area contributed by atoms with Crippen LogP contribution in [0.4, 0.5) is 0 Å². The van der Waals surface area contributed by atoms with Gasteiger partial charge in [0.1, 0.15) is 5.69 Å². The van der Waals surface area contributed by atoms with E-state index in [-0.39, 0.29) is 0 Å². The van der Waals surface area contributed by atoms with Crippen LogP contribution in [0.15, 0.2) is 53.4 Å². The average Bonchev–Trinajstić information content (AvgIpc) is 2.91. The molecule has 5 heteroatoms. The highest BCUT2D eigenvalue weighted by Gasteiger charge is 2.12. The van der Waals surface area contributed by atoms with E-state index in [0.29, 0.717) is 11.3 Å². The van der Waals surface area contributed by atoms with Crippen molar-refractivity contribution in [1.29, 1.82) is 0 Å². The second-order valence-corrected chi connectivity index (χ2v) is 5.64. The lowest BCUT2D eigenvalue weighted by atomic mass is 10.1. The summed E-state index contributed by atoms with van der Waals surface area (Å²) in [4.78, 5) is 15.5. The summed E-state index contributed by atoms with van der Waals surface area (Å²) in [7, 11) is 0. The van der Waals surface area contributed by atoms with Gasteiger partial charge in [0, 0.05) is 28.6 Å². The molecule has 0 aliphatic heterocycles. The van der Waals surface area contributed by atoms with Crippen molar-refractivity contribution in [3.05, 3.63) is 64.5 Å². The number of halogens is 1. The van der Waals surface area contributed by atoms with Crippen LogP contribution < -0.4 is 0 Å². The van der Waals surface area contributed by atoms with Crippen molar-refractivity contribution in [2.75, 3.05) is 0 Å². The predicted molar refractivity (Wildman–Crippen MR) is 84.6 cm³/mol. The molecule has 0 bridgehead atoms. The number of hydrogen-bond acceptors (Lipinski definition) is 3. The van der Waals surface area contributed by atoms with Crippen molar-refractivity contribution in [3.63, 3.8) is 0 Å². The number of benzene rings is 1. The first-order valence-electron chi connectivity index (χ1n) is 6.40. The van der Waals surface area contributed by atoms with E-state index in [1.807, 2.05) is 37.3 Å². The number of pyridine rings is 1. The van der Waals surface area contributed by atoms with E-state index in [2.05, 4.69) is 26.0 Å². The second kappa shape index (κ2) is 5.61. The van der Waals surface area contributed by atoms with Gasteiger partial charge >= 0.3 is 0 Å². The number of carbonyl (C=O) groups is 1. The molecule has 4 nitrogen and oxygen atoms in total. The third kappa shape index (κ3) is 2.78. The Morgan fingerprint density at radius 1 is 1.24 bits per heavy atom. The smallest absolute Gasteiger partial charge is 0.153 e. The van der Waals surface area contributed by atoms with Gasteiger partial charge in [-0.25, -0.2) is 4.68 Å². The minimum atomic E-state index is 0.544. The lowest BCUT2D eigenvalue weighted by molar-refractivity contribution is 0.112. The van der Waals surface area contributed by atoms with Gasteiger partial charge in [0.2, 0.25) is 0 Å². The quantitative estimate of drug-likeness (QED) is 0.680. The van der Waals surface area contributed by atoms with Crippen LogP contribution in [0, 0.1) is 6.92 Å². The molecule has 3 aromatic rings. The number of aldehydes is 1. The van der Waals surface area contributed by atoms with Crippen molar-refractivity contribution < 1.29 is 4.79 Å². The van der Waals surface area contributed by atoms with E-state index in [1.54, 1.807) is 23.3 Å². The second-order valence-electron chi connectivity index (χ2n) is 4.73. The molecule has 0 aliphatic rings. The number of aryl methyl sites for hydroxylation is 1. The third-order valence-electron chi connectivity index (χ3n) is 3.09. The Labute approximate surface area is 130 Å². The van der Waals surface area contributed by atoms with Gasteiger partial charge in [-0.3, -0.25) is 9.78 Å². The molecule has 104 valence electrons. The van der Waals surface area contributed by atoms with Crippen LogP contribution in [0.2, 0.25) is 0 Å². The van der Waals surface area contributed by atoms with E-state index < -0.39 is 0 Å². The molecule has 1 aromatic carbocycles. The van der Waals surface area contributed by atoms with Crippen molar-refractivity contribution in [1.82, 2.24) is 14.8 Å². The molecule has 0 saturated carbocycles. The molecular weight excluding hydrogens is 330 g/mol. The minimum Gasteiger partial charge on any atom is -0.298 e. The van der Waals surface area contributed by atoms with Gasteiger partial charge in [-0.05, 0) is 36.8 Å². The fourth-order valence-electron chi connectivity index (χ4n) is 2.13. The standard InChI is InChI=1S/C16H12BrN3O/c1-11-5-12(8-18-7-11)16-13(10-21)9-20(19-16)15-4-2-3-14(17)6-15/h2-10H,1H3. The van der Waals surface area contributed by atoms with Crippen LogP contribution in [-0.4, -0.2) is 21.1 Å². The molecule has 0 fully saturated rings. The highest BCUT2D eigenvalue weighted by molar-refractivity contribution is 9.10. The SMILES string of the molecule is Cc1cncc(-c2nn(-c3cccc(Br)c3)cc2C=O)c1. The fourth-order valence-corrected chi connectivity index (χ4v) is 2.52. The topological polar surface area (TPSA) is 47.8 Å². The van der Waals surface area contributed by atoms with Gasteiger partial charge in [-0.1, -0.05) is 22.0 Å². The Balaban J connectivity index is 2.13. The normalized spacial score (nSPS) is 10.6. The van der Waals surface area contributed by atoms with Crippen LogP contribution in [0.1, 0.15) is 15.9 Å². The van der Waals surface area contributed by atoms with Crippen LogP contribution in [0.3, 0.4) is 0 Å². The first kappa shape index (κ1) is 13.7. The van der Waals surface area contributed by atoms with Gasteiger partial charge in [0.05, 0.1) is 11.3 Å². The summed E-state index contributed by atoms with van der Waals surface area (Å²) in [6.07, 6.45) is 6.04. The fraction of sp³-hybridized carbons (Fsp3) is 0.0625. The van der Waals surface area contributed by atoms with Gasteiger partial charge in [0.25, 0.3) is 0 Å². The summed E-state index contributed by atoms with van der Waals surface area (Å²) < 4.78 is 2.66. The molecule has 2 aromatic heterocycles. The number of nitrogens with zero attached hydrogens (tertiary/aromatic N) is 3. The summed E-state index contributed by atoms with van der Waals surface area (Å²) in [6.45, 7) is 1.96. The maximum Gasteiger partial charge on any atom is 0.153 e. The first-order valence-corrected chi connectivity index (χ1v) is 7.19. The molecule has 0 N–H and O–H groups in total. The predicted octanol–water partition coefficient (Wildman–Crippen LogP) is 3.82. The summed E-state index contributed by atoms with van der Waals surface area (Å²) in [6, 6.07) is 9.71. The molecule has 0 spiro atoms. The van der Waals surface area contributed by atoms with Crippen LogP contribution in [0.25, 0.3) is 16.9 Å². The van der Waals surface area contributed by atoms with Gasteiger partial charge < -0.3 is 0 Å². The zero-order chi connectivity index (χ0) is 14.8. The van der Waals surface area contributed by atoms with Crippen LogP contribution in [0.5, 0.6) is 0 Å². The Hall–Kier alpha value is -2.27. The van der Waals surface area contributed by atoms with Crippen LogP contribution in [-0.2, 0) is 0 Å². The maximum absolute atomic E-state index is 11.3. The van der Waals surface area contributed by atoms with Crippen molar-refractivity contribution in [2.24, 2.45) is 0 Å². The zero-order valence-corrected chi connectivity index (χ0v) is 12.9. The number of carbonyl (C=O) groups excluding carboxylic acids is 1. The third-order valence-corrected chi connectivity index (χ3v) is 3.58. The van der Waals surface area contributed by atoms with Gasteiger partial charge in [-0.15, -0.1) is 0 Å². The lowest BCUT2D eigenvalue weighted by Gasteiger charge is -2.02. The summed E-state index contributed by atoms with van der Waals surface area (Å²) in [5.74, 6) is 0. The average molecular weight is 342 g/mol. The van der Waals surface area contributed by atoms with E-state index in [0.717, 1.165) is 27.6 Å². The first-order chi connectivity index (χ1) is 10.2. The van der Waals surface area contributed by atoms with Gasteiger partial charge in [0.15, 0.2) is 6.29 Å². The molecule has 0 radical (unpaired) electrons. The molecule has 0 atom stereocenters. The van der Waals surface area contributed by atoms with E-state index >= 15 is 0 Å². The maximum atomic E-state index is 11.3. The lowest BCUT2D eigenvalue weighted by Crippen LogP contribution is -1.94. The molecular formula is C16H12BrN3O. The molecule has 3 rings (SSSR count). The van der Waals surface area contributed by atoms with Crippen LogP contribution >= 0.6 is 15.9 Å². The summed E-state index contributed by atoms with van der Waals surface area (Å²) >= 11 is 3.44. The number of aromatic nitrogens is 3. The van der Waals surface area contributed by atoms with E-state index in [9.17, 15) is 4.79 Å². The number of rotatable bonds is 3. The van der Waals surface area contributed by atoms with Gasteiger partial charge in [-0.2, -0.15) is 5.10 Å². The monoisotopic (exact) mass is 341 g/mol. The largest absolute Gasteiger partial charge is 0.298 e. The molecule has 0 amide bonds. The van der Waals surface area contributed by atoms with E-state index in [4.69, 9.17) is 0 Å². The molecule has 21 heavy (non-hydrogen) atoms. The van der Waals surface area contributed by atoms with Crippen molar-refractivity contribution >= 4 is 22.2 Å². The highest BCUT2D eigenvalue weighted by atomic mass is 79.9. The Bertz CT molecular complexity index is 811. The van der Waals surface area contributed by atoms with E-state index in [1.165, 1.54) is 0 Å². The minimum absolute atomic E-state index is 0.544.